The van der Waals surface area contributed by atoms with Crippen molar-refractivity contribution < 1.29 is 31.8 Å². The molecule has 140 valence electrons. The highest BCUT2D eigenvalue weighted by atomic mass is 32.2. The second kappa shape index (κ2) is 8.15. The Balaban J connectivity index is 1.98. The molecular formula is C16H24F4O3S. The molecule has 0 aromatic heterocycles. The maximum atomic E-state index is 14.2. The van der Waals surface area contributed by atoms with Gasteiger partial charge in [-0.1, -0.05) is 6.92 Å². The lowest BCUT2D eigenvalue weighted by Gasteiger charge is -2.38. The van der Waals surface area contributed by atoms with Gasteiger partial charge in [0.25, 0.3) is 0 Å². The molecule has 0 aromatic carbocycles. The van der Waals surface area contributed by atoms with E-state index >= 15 is 0 Å². The van der Waals surface area contributed by atoms with Crippen LogP contribution in [0.3, 0.4) is 0 Å². The summed E-state index contributed by atoms with van der Waals surface area (Å²) in [6.07, 6.45) is -9.04. The molecule has 0 saturated heterocycles. The van der Waals surface area contributed by atoms with Crippen molar-refractivity contribution in [1.29, 1.82) is 0 Å². The predicted octanol–water partition coefficient (Wildman–Crippen LogP) is 4.72. The molecule has 2 saturated carbocycles. The Bertz CT molecular complexity index is 418. The first kappa shape index (κ1) is 19.7. The van der Waals surface area contributed by atoms with E-state index in [1.165, 1.54) is 0 Å². The summed E-state index contributed by atoms with van der Waals surface area (Å²) in [5.74, 6) is 0.400. The lowest BCUT2D eigenvalue weighted by molar-refractivity contribution is -0.117. The predicted molar refractivity (Wildman–Crippen MR) is 84.3 cm³/mol. The molecule has 2 aliphatic rings. The van der Waals surface area contributed by atoms with Crippen molar-refractivity contribution in [2.24, 2.45) is 0 Å². The molecule has 3 nitrogen and oxygen atoms in total. The number of ether oxygens (including phenoxy) is 2. The maximum Gasteiger partial charge on any atom is 0.509 e. The Kier molecular flexibility index (Phi) is 6.67. The van der Waals surface area contributed by atoms with Crippen LogP contribution in [0.15, 0.2) is 0 Å². The van der Waals surface area contributed by atoms with Crippen molar-refractivity contribution in [3.63, 3.8) is 0 Å². The minimum absolute atomic E-state index is 0.400. The standard InChI is InChI=1S/C16H24F4O3S/c1-3-8-24-14-11(19)9(17)13(10(18)12(14)20)22-15(21)23-16(2)6-4-5-7-16/h9-14H,3-8H2,1-2H3. The molecule has 4 atom stereocenters. The van der Waals surface area contributed by atoms with Crippen LogP contribution in [0.5, 0.6) is 0 Å². The minimum atomic E-state index is -2.41. The lowest BCUT2D eigenvalue weighted by atomic mass is 9.90. The first-order valence-corrected chi connectivity index (χ1v) is 9.41. The zero-order valence-electron chi connectivity index (χ0n) is 13.9. The quantitative estimate of drug-likeness (QED) is 0.517. The van der Waals surface area contributed by atoms with Crippen LogP contribution in [0.25, 0.3) is 0 Å². The van der Waals surface area contributed by atoms with Gasteiger partial charge in [-0.15, -0.1) is 0 Å². The third-order valence-corrected chi connectivity index (χ3v) is 6.15. The number of hydrogen-bond donors (Lipinski definition) is 0. The number of carbonyl (C=O) groups excluding carboxylic acids is 1. The van der Waals surface area contributed by atoms with Gasteiger partial charge in [0.05, 0.1) is 5.25 Å². The molecule has 0 aliphatic heterocycles. The molecule has 0 spiro atoms. The highest BCUT2D eigenvalue weighted by molar-refractivity contribution is 8.00. The van der Waals surface area contributed by atoms with E-state index in [2.05, 4.69) is 4.74 Å². The van der Waals surface area contributed by atoms with Crippen LogP contribution in [0.4, 0.5) is 22.4 Å². The van der Waals surface area contributed by atoms with Crippen molar-refractivity contribution in [3.05, 3.63) is 0 Å². The summed E-state index contributed by atoms with van der Waals surface area (Å²) >= 11 is 0.866. The second-order valence-corrected chi connectivity index (χ2v) is 7.99. The van der Waals surface area contributed by atoms with Crippen LogP contribution < -0.4 is 0 Å². The van der Waals surface area contributed by atoms with Gasteiger partial charge in [-0.2, -0.15) is 11.8 Å². The highest BCUT2D eigenvalue weighted by Gasteiger charge is 2.55. The van der Waals surface area contributed by atoms with Crippen LogP contribution in [0.1, 0.15) is 46.0 Å². The maximum absolute atomic E-state index is 14.2. The molecule has 2 rings (SSSR count). The van der Waals surface area contributed by atoms with Gasteiger partial charge in [-0.05, 0) is 44.8 Å². The Morgan fingerprint density at radius 3 is 2.12 bits per heavy atom. The molecule has 0 bridgehead atoms. The monoisotopic (exact) mass is 372 g/mol. The number of halogens is 4. The normalized spacial score (nSPS) is 38.8. The minimum Gasteiger partial charge on any atom is -0.428 e. The summed E-state index contributed by atoms with van der Waals surface area (Å²) in [7, 11) is 0. The van der Waals surface area contributed by atoms with Gasteiger partial charge in [0.2, 0.25) is 0 Å². The summed E-state index contributed by atoms with van der Waals surface area (Å²) < 4.78 is 66.4. The Labute approximate surface area is 143 Å². The van der Waals surface area contributed by atoms with E-state index < -0.39 is 47.8 Å². The van der Waals surface area contributed by atoms with Gasteiger partial charge in [-0.25, -0.2) is 22.4 Å². The van der Waals surface area contributed by atoms with E-state index in [-0.39, 0.29) is 0 Å². The van der Waals surface area contributed by atoms with Crippen LogP contribution in [0.2, 0.25) is 0 Å². The molecule has 2 aliphatic carbocycles. The Hall–Kier alpha value is -0.660. The fourth-order valence-electron chi connectivity index (χ4n) is 3.21. The molecule has 2 fully saturated rings. The average Bonchev–Trinajstić information content (AvgIpc) is 2.95. The second-order valence-electron chi connectivity index (χ2n) is 6.70. The third kappa shape index (κ3) is 4.29. The van der Waals surface area contributed by atoms with Crippen LogP contribution in [-0.2, 0) is 9.47 Å². The number of alkyl halides is 4. The van der Waals surface area contributed by atoms with E-state index in [0.717, 1.165) is 24.6 Å². The van der Waals surface area contributed by atoms with E-state index in [4.69, 9.17) is 4.74 Å². The summed E-state index contributed by atoms with van der Waals surface area (Å²) in [5, 5.41) is -1.43. The van der Waals surface area contributed by atoms with Crippen molar-refractivity contribution in [2.75, 3.05) is 5.75 Å². The van der Waals surface area contributed by atoms with Gasteiger partial charge < -0.3 is 9.47 Å². The molecular weight excluding hydrogens is 348 g/mol. The largest absolute Gasteiger partial charge is 0.509 e. The van der Waals surface area contributed by atoms with Crippen LogP contribution >= 0.6 is 11.8 Å². The smallest absolute Gasteiger partial charge is 0.428 e. The highest BCUT2D eigenvalue weighted by Crippen LogP contribution is 2.39. The van der Waals surface area contributed by atoms with Gasteiger partial charge in [0.15, 0.2) is 18.4 Å². The van der Waals surface area contributed by atoms with Crippen molar-refractivity contribution in [3.8, 4) is 0 Å². The first-order chi connectivity index (χ1) is 11.3. The summed E-state index contributed by atoms with van der Waals surface area (Å²) in [4.78, 5) is 11.8. The molecule has 0 radical (unpaired) electrons. The average molecular weight is 372 g/mol. The Morgan fingerprint density at radius 2 is 1.62 bits per heavy atom. The number of thioether (sulfide) groups is 1. The third-order valence-electron chi connectivity index (χ3n) is 4.60. The van der Waals surface area contributed by atoms with Crippen LogP contribution in [-0.4, -0.2) is 53.5 Å². The van der Waals surface area contributed by atoms with Crippen molar-refractivity contribution in [1.82, 2.24) is 0 Å². The summed E-state index contributed by atoms with van der Waals surface area (Å²) in [6.45, 7) is 3.51. The van der Waals surface area contributed by atoms with Crippen molar-refractivity contribution in [2.45, 2.75) is 87.6 Å². The number of rotatable bonds is 5. The van der Waals surface area contributed by atoms with Gasteiger partial charge in [0, 0.05) is 0 Å². The number of carbonyl (C=O) groups is 1. The molecule has 0 heterocycles. The molecule has 4 unspecified atom stereocenters. The zero-order valence-corrected chi connectivity index (χ0v) is 14.7. The molecule has 0 amide bonds. The fourth-order valence-corrected chi connectivity index (χ4v) is 4.38. The van der Waals surface area contributed by atoms with Gasteiger partial charge in [-0.3, -0.25) is 0 Å². The first-order valence-electron chi connectivity index (χ1n) is 8.36. The van der Waals surface area contributed by atoms with Crippen LogP contribution in [0, 0.1) is 0 Å². The lowest BCUT2D eigenvalue weighted by Crippen LogP contribution is -2.58. The molecule has 8 heteroatoms. The van der Waals surface area contributed by atoms with Gasteiger partial charge in [0.1, 0.15) is 17.9 Å². The zero-order chi connectivity index (χ0) is 17.9. The summed E-state index contributed by atoms with van der Waals surface area (Å²) in [6, 6.07) is 0. The fraction of sp³-hybridized carbons (Fsp3) is 0.938. The molecule has 0 N–H and O–H groups in total. The van der Waals surface area contributed by atoms with E-state index in [1.54, 1.807) is 6.92 Å². The Morgan fingerprint density at radius 1 is 1.08 bits per heavy atom. The number of hydrogen-bond acceptors (Lipinski definition) is 4. The van der Waals surface area contributed by atoms with Crippen molar-refractivity contribution >= 4 is 17.9 Å². The van der Waals surface area contributed by atoms with E-state index in [9.17, 15) is 22.4 Å². The SMILES string of the molecule is CCCSC1C(F)C(F)C(OC(=O)OC2(C)CCCC2)C(F)C1F. The van der Waals surface area contributed by atoms with Gasteiger partial charge >= 0.3 is 6.16 Å². The van der Waals surface area contributed by atoms with E-state index in [1.807, 2.05) is 6.92 Å². The molecule has 24 heavy (non-hydrogen) atoms. The summed E-state index contributed by atoms with van der Waals surface area (Å²) in [5.41, 5.74) is -0.743. The molecule has 0 aromatic rings. The van der Waals surface area contributed by atoms with E-state index in [0.29, 0.717) is 25.0 Å². The topological polar surface area (TPSA) is 35.5 Å².